The summed E-state index contributed by atoms with van der Waals surface area (Å²) in [5, 5.41) is 5.97. The molecule has 10 heteroatoms. The van der Waals surface area contributed by atoms with Crippen LogP contribution in [0.1, 0.15) is 5.69 Å². The van der Waals surface area contributed by atoms with Crippen molar-refractivity contribution in [1.82, 2.24) is 24.1 Å². The minimum atomic E-state index is -0.140. The third-order valence-corrected chi connectivity index (χ3v) is 6.02. The first-order chi connectivity index (χ1) is 12.5. The number of piperazine rings is 1. The van der Waals surface area contributed by atoms with Gasteiger partial charge in [-0.25, -0.2) is 9.67 Å². The molecule has 1 saturated heterocycles. The van der Waals surface area contributed by atoms with Gasteiger partial charge in [-0.1, -0.05) is 0 Å². The maximum Gasteiger partial charge on any atom is 0.282 e. The third-order valence-electron chi connectivity index (χ3n) is 4.51. The molecule has 0 bridgehead atoms. The molecular formula is C16H17BrN6O2S. The van der Waals surface area contributed by atoms with Gasteiger partial charge in [0.2, 0.25) is 0 Å². The van der Waals surface area contributed by atoms with Gasteiger partial charge in [0.05, 0.1) is 17.6 Å². The van der Waals surface area contributed by atoms with Crippen molar-refractivity contribution in [2.75, 3.05) is 31.1 Å². The quantitative estimate of drug-likeness (QED) is 0.607. The number of anilines is 1. The lowest BCUT2D eigenvalue weighted by molar-refractivity contribution is 0.247. The van der Waals surface area contributed by atoms with Crippen molar-refractivity contribution in [1.29, 1.82) is 0 Å². The van der Waals surface area contributed by atoms with Gasteiger partial charge in [0.25, 0.3) is 11.1 Å². The monoisotopic (exact) mass is 436 g/mol. The Labute approximate surface area is 161 Å². The molecule has 0 N–H and O–H groups in total. The number of fused-ring (bicyclic) bond motifs is 1. The van der Waals surface area contributed by atoms with E-state index in [0.29, 0.717) is 11.0 Å². The average molecular weight is 437 g/mol. The normalized spacial score (nSPS) is 15.7. The first kappa shape index (κ1) is 17.4. The minimum Gasteiger partial charge on any atom is -0.367 e. The van der Waals surface area contributed by atoms with Crippen LogP contribution in [0.3, 0.4) is 0 Å². The molecule has 4 rings (SSSR count). The first-order valence-corrected chi connectivity index (χ1v) is 9.85. The zero-order valence-corrected chi connectivity index (χ0v) is 16.5. The van der Waals surface area contributed by atoms with Crippen LogP contribution in [-0.2, 0) is 13.6 Å². The standard InChI is InChI=1S/C16H17BrN6O2S/c1-20-15(25)14(17)12(9-18-20)22-4-2-21(3-5-22)10-11-8-13(24)23-6-7-26-16(23)19-11/h6-9H,2-5,10H2,1H3. The van der Waals surface area contributed by atoms with Crippen LogP contribution in [0, 0.1) is 0 Å². The van der Waals surface area contributed by atoms with E-state index in [-0.39, 0.29) is 11.1 Å². The molecule has 1 aliphatic rings. The molecule has 1 aliphatic heterocycles. The summed E-state index contributed by atoms with van der Waals surface area (Å²) < 4.78 is 3.42. The molecule has 8 nitrogen and oxygen atoms in total. The van der Waals surface area contributed by atoms with Crippen LogP contribution in [0.5, 0.6) is 0 Å². The van der Waals surface area contributed by atoms with Gasteiger partial charge in [-0.15, -0.1) is 11.3 Å². The minimum absolute atomic E-state index is 0.0416. The zero-order valence-electron chi connectivity index (χ0n) is 14.1. The summed E-state index contributed by atoms with van der Waals surface area (Å²) in [5.41, 5.74) is 1.44. The molecule has 0 spiro atoms. The summed E-state index contributed by atoms with van der Waals surface area (Å²) in [5.74, 6) is 0. The number of nitrogens with zero attached hydrogens (tertiary/aromatic N) is 6. The molecule has 0 radical (unpaired) electrons. The van der Waals surface area contributed by atoms with E-state index in [4.69, 9.17) is 0 Å². The number of thiazole rings is 1. The van der Waals surface area contributed by atoms with E-state index in [1.54, 1.807) is 29.9 Å². The Bertz CT molecular complexity index is 1070. The molecule has 0 aromatic carbocycles. The van der Waals surface area contributed by atoms with Crippen LogP contribution in [0.25, 0.3) is 4.96 Å². The molecule has 136 valence electrons. The molecular weight excluding hydrogens is 420 g/mol. The fourth-order valence-corrected chi connectivity index (χ4v) is 4.42. The van der Waals surface area contributed by atoms with Crippen molar-refractivity contribution < 1.29 is 0 Å². The molecule has 1 fully saturated rings. The third kappa shape index (κ3) is 3.19. The van der Waals surface area contributed by atoms with E-state index in [9.17, 15) is 9.59 Å². The van der Waals surface area contributed by atoms with E-state index in [1.807, 2.05) is 5.38 Å². The molecule has 0 saturated carbocycles. The van der Waals surface area contributed by atoms with Gasteiger partial charge < -0.3 is 4.90 Å². The highest BCUT2D eigenvalue weighted by Crippen LogP contribution is 2.23. The summed E-state index contributed by atoms with van der Waals surface area (Å²) >= 11 is 4.85. The molecule has 3 aromatic heterocycles. The van der Waals surface area contributed by atoms with Gasteiger partial charge in [0.15, 0.2) is 4.96 Å². The summed E-state index contributed by atoms with van der Waals surface area (Å²) in [7, 11) is 1.63. The second kappa shape index (κ2) is 6.93. The maximum atomic E-state index is 12.1. The number of halogens is 1. The first-order valence-electron chi connectivity index (χ1n) is 8.18. The molecule has 4 heterocycles. The van der Waals surface area contributed by atoms with E-state index in [1.165, 1.54) is 16.0 Å². The van der Waals surface area contributed by atoms with Gasteiger partial charge in [0, 0.05) is 57.4 Å². The maximum absolute atomic E-state index is 12.1. The lowest BCUT2D eigenvalue weighted by Crippen LogP contribution is -2.46. The van der Waals surface area contributed by atoms with Crippen molar-refractivity contribution in [2.24, 2.45) is 7.05 Å². The Balaban J connectivity index is 1.46. The number of rotatable bonds is 3. The lowest BCUT2D eigenvalue weighted by atomic mass is 10.2. The topological polar surface area (TPSA) is 75.7 Å². The Morgan fingerprint density at radius 1 is 1.23 bits per heavy atom. The molecule has 0 unspecified atom stereocenters. The van der Waals surface area contributed by atoms with Gasteiger partial charge >= 0.3 is 0 Å². The van der Waals surface area contributed by atoms with E-state index in [2.05, 4.69) is 35.8 Å². The van der Waals surface area contributed by atoms with E-state index in [0.717, 1.165) is 42.5 Å². The predicted octanol–water partition coefficient (Wildman–Crippen LogP) is 0.934. The summed E-state index contributed by atoms with van der Waals surface area (Å²) in [6.07, 6.45) is 3.46. The highest BCUT2D eigenvalue weighted by molar-refractivity contribution is 9.10. The second-order valence-electron chi connectivity index (χ2n) is 6.18. The van der Waals surface area contributed by atoms with E-state index >= 15 is 0 Å². The van der Waals surface area contributed by atoms with Gasteiger partial charge in [-0.3, -0.25) is 18.9 Å². The predicted molar refractivity (Wildman–Crippen MR) is 104 cm³/mol. The van der Waals surface area contributed by atoms with Crippen molar-refractivity contribution in [3.05, 3.63) is 54.7 Å². The molecule has 0 aliphatic carbocycles. The van der Waals surface area contributed by atoms with Crippen LogP contribution in [-0.4, -0.2) is 50.2 Å². The summed E-state index contributed by atoms with van der Waals surface area (Å²) in [4.78, 5) is 33.8. The van der Waals surface area contributed by atoms with Crippen LogP contribution in [0.15, 0.2) is 37.9 Å². The average Bonchev–Trinajstić information content (AvgIpc) is 3.10. The van der Waals surface area contributed by atoms with Crippen LogP contribution in [0.4, 0.5) is 5.69 Å². The van der Waals surface area contributed by atoms with Gasteiger partial charge in [-0.05, 0) is 15.9 Å². The van der Waals surface area contributed by atoms with Crippen LogP contribution >= 0.6 is 27.3 Å². The number of aromatic nitrogens is 4. The Morgan fingerprint density at radius 2 is 2.00 bits per heavy atom. The fraction of sp³-hybridized carbons (Fsp3) is 0.375. The Hall–Kier alpha value is -2.04. The Morgan fingerprint density at radius 3 is 2.77 bits per heavy atom. The smallest absolute Gasteiger partial charge is 0.282 e. The highest BCUT2D eigenvalue weighted by Gasteiger charge is 2.21. The second-order valence-corrected chi connectivity index (χ2v) is 7.84. The SMILES string of the molecule is Cn1ncc(N2CCN(Cc3cc(=O)n4ccsc4n3)CC2)c(Br)c1=O. The van der Waals surface area contributed by atoms with Crippen LogP contribution < -0.4 is 16.0 Å². The van der Waals surface area contributed by atoms with Crippen molar-refractivity contribution in [3.63, 3.8) is 0 Å². The van der Waals surface area contributed by atoms with Crippen molar-refractivity contribution >= 4 is 37.9 Å². The number of hydrogen-bond donors (Lipinski definition) is 0. The number of hydrogen-bond acceptors (Lipinski definition) is 7. The molecule has 0 atom stereocenters. The van der Waals surface area contributed by atoms with E-state index < -0.39 is 0 Å². The zero-order chi connectivity index (χ0) is 18.3. The summed E-state index contributed by atoms with van der Waals surface area (Å²) in [6, 6.07) is 1.60. The molecule has 26 heavy (non-hydrogen) atoms. The van der Waals surface area contributed by atoms with Gasteiger partial charge in [-0.2, -0.15) is 5.10 Å². The van der Waals surface area contributed by atoms with Crippen molar-refractivity contribution in [2.45, 2.75) is 6.54 Å². The summed E-state index contributed by atoms with van der Waals surface area (Å²) in [6.45, 7) is 3.87. The van der Waals surface area contributed by atoms with Gasteiger partial charge in [0.1, 0.15) is 4.47 Å². The highest BCUT2D eigenvalue weighted by atomic mass is 79.9. The number of aryl methyl sites for hydroxylation is 1. The molecule has 3 aromatic rings. The van der Waals surface area contributed by atoms with Crippen molar-refractivity contribution in [3.8, 4) is 0 Å². The Kier molecular flexibility index (Phi) is 4.63. The largest absolute Gasteiger partial charge is 0.367 e. The molecule has 0 amide bonds. The fourth-order valence-electron chi connectivity index (χ4n) is 3.07. The van der Waals surface area contributed by atoms with Crippen LogP contribution in [0.2, 0.25) is 0 Å². The lowest BCUT2D eigenvalue weighted by Gasteiger charge is -2.36.